The van der Waals surface area contributed by atoms with Gasteiger partial charge in [-0.25, -0.2) is 22.8 Å². The Kier molecular flexibility index (Phi) is 4.70. The van der Waals surface area contributed by atoms with Gasteiger partial charge in [-0.05, 0) is 37.0 Å². The first kappa shape index (κ1) is 18.7. The van der Waals surface area contributed by atoms with Crippen LogP contribution < -0.4 is 9.64 Å². The number of hydrogen-bond acceptors (Lipinski definition) is 6. The highest BCUT2D eigenvalue weighted by molar-refractivity contribution is 7.91. The first-order valence-corrected chi connectivity index (χ1v) is 10.6. The molecule has 2 aromatic heterocycles. The fourth-order valence-corrected chi connectivity index (χ4v) is 5.43. The van der Waals surface area contributed by atoms with E-state index >= 15 is 0 Å². The van der Waals surface area contributed by atoms with Crippen LogP contribution in [0.2, 0.25) is 0 Å². The molecule has 28 heavy (non-hydrogen) atoms. The van der Waals surface area contributed by atoms with Crippen molar-refractivity contribution in [2.45, 2.75) is 23.8 Å². The zero-order valence-electron chi connectivity index (χ0n) is 15.6. The lowest BCUT2D eigenvalue weighted by Gasteiger charge is -2.41. The van der Waals surface area contributed by atoms with Crippen molar-refractivity contribution in [2.24, 2.45) is 5.92 Å². The van der Waals surface area contributed by atoms with Crippen molar-refractivity contribution in [1.29, 1.82) is 0 Å². The van der Waals surface area contributed by atoms with E-state index in [2.05, 4.69) is 19.9 Å². The van der Waals surface area contributed by atoms with Gasteiger partial charge in [0.05, 0.1) is 18.2 Å². The summed E-state index contributed by atoms with van der Waals surface area (Å²) in [7, 11) is -0.334. The predicted octanol–water partition coefficient (Wildman–Crippen LogP) is 2.79. The standard InChI is InChI=1S/C19H21FN4O3S/c1-24(19-15-5-6-21-18(15)22-11-23-19)13-7-12(8-13)10-28(25,26)17-4-3-14(27-2)9-16(17)20/h3-6,9,11-13H,7-8,10H2,1-2H3,(H,21,22,23). The number of aromatic nitrogens is 3. The Morgan fingerprint density at radius 2 is 2.07 bits per heavy atom. The van der Waals surface area contributed by atoms with E-state index in [1.807, 2.05) is 19.3 Å². The SMILES string of the molecule is COc1ccc(S(=O)(=O)CC2CC(N(C)c3ncnc4[nH]ccc34)C2)c(F)c1. The fourth-order valence-electron chi connectivity index (χ4n) is 3.73. The van der Waals surface area contributed by atoms with Gasteiger partial charge < -0.3 is 14.6 Å². The maximum atomic E-state index is 14.2. The molecule has 0 saturated heterocycles. The molecular formula is C19H21FN4O3S. The molecule has 0 amide bonds. The van der Waals surface area contributed by atoms with Crippen LogP contribution in [-0.4, -0.2) is 49.3 Å². The van der Waals surface area contributed by atoms with E-state index in [0.717, 1.165) is 22.9 Å². The Morgan fingerprint density at radius 1 is 1.29 bits per heavy atom. The van der Waals surface area contributed by atoms with Crippen molar-refractivity contribution in [3.05, 3.63) is 42.6 Å². The summed E-state index contributed by atoms with van der Waals surface area (Å²) in [5.74, 6) is 0.261. The number of nitrogens with one attached hydrogen (secondary N) is 1. The van der Waals surface area contributed by atoms with Crippen LogP contribution in [0.25, 0.3) is 11.0 Å². The topological polar surface area (TPSA) is 88.2 Å². The number of anilines is 1. The quantitative estimate of drug-likeness (QED) is 0.680. The third-order valence-electron chi connectivity index (χ3n) is 5.35. The molecule has 0 radical (unpaired) electrons. The molecule has 1 aliphatic rings. The molecule has 1 aromatic carbocycles. The summed E-state index contributed by atoms with van der Waals surface area (Å²) >= 11 is 0. The summed E-state index contributed by atoms with van der Waals surface area (Å²) in [6.45, 7) is 0. The average molecular weight is 404 g/mol. The number of aromatic amines is 1. The molecule has 1 fully saturated rings. The van der Waals surface area contributed by atoms with Gasteiger partial charge in [-0.2, -0.15) is 0 Å². The van der Waals surface area contributed by atoms with E-state index in [1.165, 1.54) is 25.6 Å². The summed E-state index contributed by atoms with van der Waals surface area (Å²) < 4.78 is 44.3. The predicted molar refractivity (Wildman–Crippen MR) is 104 cm³/mol. The van der Waals surface area contributed by atoms with E-state index < -0.39 is 15.7 Å². The molecule has 2 heterocycles. The normalized spacial score (nSPS) is 19.4. The molecule has 0 aliphatic heterocycles. The number of methoxy groups -OCH3 is 1. The molecule has 4 rings (SSSR count). The van der Waals surface area contributed by atoms with Crippen LogP contribution in [0.1, 0.15) is 12.8 Å². The smallest absolute Gasteiger partial charge is 0.181 e. The van der Waals surface area contributed by atoms with Gasteiger partial charge in [0.2, 0.25) is 0 Å². The maximum Gasteiger partial charge on any atom is 0.181 e. The molecule has 0 bridgehead atoms. The van der Waals surface area contributed by atoms with Crippen molar-refractivity contribution < 1.29 is 17.5 Å². The van der Waals surface area contributed by atoms with E-state index in [4.69, 9.17) is 4.74 Å². The second-order valence-corrected chi connectivity index (χ2v) is 9.12. The number of halogens is 1. The second kappa shape index (κ2) is 7.05. The number of fused-ring (bicyclic) bond motifs is 1. The first-order valence-electron chi connectivity index (χ1n) is 8.96. The Hall–Kier alpha value is -2.68. The molecule has 1 saturated carbocycles. The summed E-state index contributed by atoms with van der Waals surface area (Å²) in [6.07, 6.45) is 4.75. The number of nitrogens with zero attached hydrogens (tertiary/aromatic N) is 3. The number of sulfone groups is 1. The molecule has 0 atom stereocenters. The van der Waals surface area contributed by atoms with Crippen LogP contribution in [0.5, 0.6) is 5.75 Å². The molecule has 3 aromatic rings. The molecule has 148 valence electrons. The van der Waals surface area contributed by atoms with Crippen molar-refractivity contribution >= 4 is 26.7 Å². The lowest BCUT2D eigenvalue weighted by molar-refractivity contribution is 0.282. The fraction of sp³-hybridized carbons (Fsp3) is 0.368. The summed E-state index contributed by atoms with van der Waals surface area (Å²) in [5, 5.41) is 0.932. The summed E-state index contributed by atoms with van der Waals surface area (Å²) in [4.78, 5) is 13.4. The zero-order valence-corrected chi connectivity index (χ0v) is 16.4. The molecule has 0 spiro atoms. The van der Waals surface area contributed by atoms with Crippen LogP contribution in [0.15, 0.2) is 41.7 Å². The van der Waals surface area contributed by atoms with Gasteiger partial charge in [-0.1, -0.05) is 0 Å². The Morgan fingerprint density at radius 3 is 2.79 bits per heavy atom. The number of rotatable bonds is 6. The summed E-state index contributed by atoms with van der Waals surface area (Å²) in [6, 6.07) is 5.95. The van der Waals surface area contributed by atoms with Crippen LogP contribution >= 0.6 is 0 Å². The van der Waals surface area contributed by atoms with Gasteiger partial charge in [0.15, 0.2) is 9.84 Å². The van der Waals surface area contributed by atoms with Crippen molar-refractivity contribution in [2.75, 3.05) is 24.8 Å². The van der Waals surface area contributed by atoms with Crippen molar-refractivity contribution in [3.8, 4) is 5.75 Å². The van der Waals surface area contributed by atoms with Gasteiger partial charge in [0.25, 0.3) is 0 Å². The number of ether oxygens (including phenoxy) is 1. The average Bonchev–Trinajstić information content (AvgIpc) is 3.12. The molecule has 7 nitrogen and oxygen atoms in total. The largest absolute Gasteiger partial charge is 0.497 e. The van der Waals surface area contributed by atoms with Gasteiger partial charge in [0, 0.05) is 25.4 Å². The van der Waals surface area contributed by atoms with Crippen LogP contribution in [0.4, 0.5) is 10.2 Å². The lowest BCUT2D eigenvalue weighted by atomic mass is 9.81. The van der Waals surface area contributed by atoms with Crippen molar-refractivity contribution in [3.63, 3.8) is 0 Å². The molecule has 0 unspecified atom stereocenters. The number of hydrogen-bond donors (Lipinski definition) is 1. The number of H-pyrrole nitrogens is 1. The van der Waals surface area contributed by atoms with Crippen LogP contribution in [0, 0.1) is 11.7 Å². The zero-order chi connectivity index (χ0) is 19.9. The second-order valence-electron chi connectivity index (χ2n) is 7.12. The van der Waals surface area contributed by atoms with Gasteiger partial charge in [-0.15, -0.1) is 0 Å². The van der Waals surface area contributed by atoms with Gasteiger partial charge in [-0.3, -0.25) is 0 Å². The highest BCUT2D eigenvalue weighted by Crippen LogP contribution is 2.37. The van der Waals surface area contributed by atoms with E-state index in [1.54, 1.807) is 0 Å². The van der Waals surface area contributed by atoms with Crippen LogP contribution in [-0.2, 0) is 9.84 Å². The minimum Gasteiger partial charge on any atom is -0.497 e. The van der Waals surface area contributed by atoms with Gasteiger partial charge in [0.1, 0.15) is 34.3 Å². The molecular weight excluding hydrogens is 383 g/mol. The summed E-state index contributed by atoms with van der Waals surface area (Å²) in [5.41, 5.74) is 0.769. The van der Waals surface area contributed by atoms with E-state index in [9.17, 15) is 12.8 Å². The molecule has 1 N–H and O–H groups in total. The van der Waals surface area contributed by atoms with Crippen molar-refractivity contribution in [1.82, 2.24) is 15.0 Å². The van der Waals surface area contributed by atoms with E-state index in [-0.39, 0.29) is 22.6 Å². The minimum absolute atomic E-state index is 0.0116. The minimum atomic E-state index is -3.70. The molecule has 1 aliphatic carbocycles. The maximum absolute atomic E-state index is 14.2. The van der Waals surface area contributed by atoms with Crippen LogP contribution in [0.3, 0.4) is 0 Å². The third kappa shape index (κ3) is 3.30. The molecule has 9 heteroatoms. The first-order chi connectivity index (χ1) is 13.4. The lowest BCUT2D eigenvalue weighted by Crippen LogP contribution is -2.45. The Balaban J connectivity index is 1.43. The highest BCUT2D eigenvalue weighted by atomic mass is 32.2. The van der Waals surface area contributed by atoms with Gasteiger partial charge >= 0.3 is 0 Å². The Bertz CT molecular complexity index is 1110. The highest BCUT2D eigenvalue weighted by Gasteiger charge is 2.37. The third-order valence-corrected chi connectivity index (χ3v) is 7.27. The number of benzene rings is 1. The monoisotopic (exact) mass is 404 g/mol. The Labute approximate surface area is 162 Å². The van der Waals surface area contributed by atoms with E-state index in [0.29, 0.717) is 18.6 Å².